The van der Waals surface area contributed by atoms with Gasteiger partial charge in [0, 0.05) is 36.3 Å². The Labute approximate surface area is 221 Å². The van der Waals surface area contributed by atoms with Crippen molar-refractivity contribution in [3.8, 4) is 5.75 Å². The van der Waals surface area contributed by atoms with Crippen LogP contribution >= 0.6 is 0 Å². The van der Waals surface area contributed by atoms with Crippen LogP contribution in [0.2, 0.25) is 0 Å². The number of amides is 3. The fourth-order valence-electron chi connectivity index (χ4n) is 6.58. The van der Waals surface area contributed by atoms with E-state index in [0.29, 0.717) is 31.0 Å². The molecular formula is C28H36N4O6. The van der Waals surface area contributed by atoms with Crippen LogP contribution in [0.4, 0.5) is 0 Å². The van der Waals surface area contributed by atoms with Crippen molar-refractivity contribution in [3.63, 3.8) is 0 Å². The molecule has 5 atom stereocenters. The van der Waals surface area contributed by atoms with Crippen molar-refractivity contribution < 1.29 is 29.0 Å². The van der Waals surface area contributed by atoms with Gasteiger partial charge in [-0.1, -0.05) is 12.5 Å². The molecule has 1 saturated carbocycles. The van der Waals surface area contributed by atoms with Gasteiger partial charge in [0.15, 0.2) is 5.78 Å². The van der Waals surface area contributed by atoms with E-state index in [4.69, 9.17) is 4.74 Å². The molecule has 2 aromatic rings. The third kappa shape index (κ3) is 5.01. The lowest BCUT2D eigenvalue weighted by atomic mass is 9.88. The molecule has 38 heavy (non-hydrogen) atoms. The van der Waals surface area contributed by atoms with Gasteiger partial charge in [0.25, 0.3) is 5.91 Å². The molecule has 3 fully saturated rings. The Hall–Kier alpha value is -3.40. The lowest BCUT2D eigenvalue weighted by molar-refractivity contribution is -0.133. The van der Waals surface area contributed by atoms with Crippen molar-refractivity contribution in [1.82, 2.24) is 20.5 Å². The molecule has 1 aliphatic carbocycles. The van der Waals surface area contributed by atoms with Crippen molar-refractivity contribution in [2.24, 2.45) is 17.8 Å². The number of nitrogens with zero attached hydrogens (tertiary/aromatic N) is 1. The molecule has 3 amide bonds. The summed E-state index contributed by atoms with van der Waals surface area (Å²) in [7, 11) is 1.58. The second kappa shape index (κ2) is 11.1. The first-order valence-corrected chi connectivity index (χ1v) is 13.6. The van der Waals surface area contributed by atoms with E-state index in [1.165, 1.54) is 0 Å². The van der Waals surface area contributed by atoms with Gasteiger partial charge in [-0.3, -0.25) is 19.2 Å². The lowest BCUT2D eigenvalue weighted by Gasteiger charge is -2.30. The number of methoxy groups -OCH3 is 1. The number of hydrogen-bond donors (Lipinski definition) is 4. The van der Waals surface area contributed by atoms with E-state index in [-0.39, 0.29) is 60.7 Å². The largest absolute Gasteiger partial charge is 0.496 e. The number of aromatic nitrogens is 1. The summed E-state index contributed by atoms with van der Waals surface area (Å²) in [5.74, 6) is -0.526. The van der Waals surface area contributed by atoms with Gasteiger partial charge in [-0.05, 0) is 62.1 Å². The monoisotopic (exact) mass is 524 g/mol. The third-order valence-electron chi connectivity index (χ3n) is 8.48. The highest BCUT2D eigenvalue weighted by Crippen LogP contribution is 2.43. The molecule has 0 spiro atoms. The SMILES string of the molecule is COc1cccc2[nH]c(C(=O)N3CC4CCCC4C3C(=O)NC(CC3CCCNC3=O)C(=O)CCO)cc12. The maximum atomic E-state index is 13.8. The number of benzene rings is 1. The highest BCUT2D eigenvalue weighted by Gasteiger charge is 2.50. The number of Topliss-reactive ketones (excluding diaryl/α,β-unsaturated/α-hetero) is 1. The lowest BCUT2D eigenvalue weighted by Crippen LogP contribution is -2.54. The summed E-state index contributed by atoms with van der Waals surface area (Å²) in [5.41, 5.74) is 1.16. The number of H-pyrrole nitrogens is 1. The second-order valence-corrected chi connectivity index (χ2v) is 10.7. The van der Waals surface area contributed by atoms with E-state index >= 15 is 0 Å². The molecule has 1 aromatic carbocycles. The molecule has 2 aliphatic heterocycles. The average molecular weight is 525 g/mol. The van der Waals surface area contributed by atoms with E-state index in [1.54, 1.807) is 18.1 Å². The van der Waals surface area contributed by atoms with Gasteiger partial charge in [-0.25, -0.2) is 0 Å². The van der Waals surface area contributed by atoms with Gasteiger partial charge < -0.3 is 30.4 Å². The number of carbonyl (C=O) groups is 4. The number of carbonyl (C=O) groups excluding carboxylic acids is 4. The summed E-state index contributed by atoms with van der Waals surface area (Å²) < 4.78 is 5.43. The molecule has 3 heterocycles. The predicted molar refractivity (Wildman–Crippen MR) is 139 cm³/mol. The number of fused-ring (bicyclic) bond motifs is 2. The Kier molecular flexibility index (Phi) is 7.69. The van der Waals surface area contributed by atoms with Gasteiger partial charge in [0.05, 0.1) is 19.8 Å². The highest BCUT2D eigenvalue weighted by molar-refractivity contribution is 6.02. The van der Waals surface area contributed by atoms with Crippen LogP contribution in [0.5, 0.6) is 5.75 Å². The summed E-state index contributed by atoms with van der Waals surface area (Å²) in [6, 6.07) is 5.71. The Balaban J connectivity index is 1.39. The standard InChI is InChI=1S/C28H36N4O6/c1-38-24-9-3-8-20-19(24)14-22(30-20)28(37)32-15-17-5-2-7-18(17)25(32)27(36)31-21(23(34)10-12-33)13-16-6-4-11-29-26(16)35/h3,8-9,14,16-18,21,25,30,33H,2,4-7,10-13,15H2,1H3,(H,29,35)(H,31,36). The molecule has 4 N–H and O–H groups in total. The molecule has 10 nitrogen and oxygen atoms in total. The van der Waals surface area contributed by atoms with Crippen LogP contribution in [-0.4, -0.2) is 77.4 Å². The van der Waals surface area contributed by atoms with E-state index in [2.05, 4.69) is 15.6 Å². The number of aliphatic hydroxyl groups is 1. The van der Waals surface area contributed by atoms with E-state index in [9.17, 15) is 24.3 Å². The Morgan fingerprint density at radius 1 is 1.21 bits per heavy atom. The summed E-state index contributed by atoms with van der Waals surface area (Å²) in [6.07, 6.45) is 4.34. The van der Waals surface area contributed by atoms with Crippen LogP contribution in [0.25, 0.3) is 10.9 Å². The fraction of sp³-hybridized carbons (Fsp3) is 0.571. The molecule has 2 saturated heterocycles. The molecule has 10 heteroatoms. The van der Waals surface area contributed by atoms with Crippen molar-refractivity contribution in [1.29, 1.82) is 0 Å². The molecule has 5 rings (SSSR count). The van der Waals surface area contributed by atoms with E-state index in [1.807, 2.05) is 18.2 Å². The number of piperidine rings is 1. The highest BCUT2D eigenvalue weighted by atomic mass is 16.5. The zero-order valence-electron chi connectivity index (χ0n) is 21.7. The van der Waals surface area contributed by atoms with Gasteiger partial charge in [0.1, 0.15) is 17.5 Å². The number of nitrogens with one attached hydrogen (secondary N) is 3. The number of hydrogen-bond acceptors (Lipinski definition) is 6. The minimum absolute atomic E-state index is 0.0180. The fourth-order valence-corrected chi connectivity index (χ4v) is 6.58. The molecule has 0 bridgehead atoms. The number of aromatic amines is 1. The second-order valence-electron chi connectivity index (χ2n) is 10.7. The van der Waals surface area contributed by atoms with Crippen molar-refractivity contribution >= 4 is 34.4 Å². The molecule has 3 aliphatic rings. The molecule has 204 valence electrons. The molecule has 1 aromatic heterocycles. The van der Waals surface area contributed by atoms with Crippen molar-refractivity contribution in [3.05, 3.63) is 30.0 Å². The average Bonchev–Trinajstić information content (AvgIpc) is 3.63. The van der Waals surface area contributed by atoms with Crippen LogP contribution in [-0.2, 0) is 14.4 Å². The first kappa shape index (κ1) is 26.2. The maximum Gasteiger partial charge on any atom is 0.271 e. The summed E-state index contributed by atoms with van der Waals surface area (Å²) >= 11 is 0. The van der Waals surface area contributed by atoms with E-state index in [0.717, 1.165) is 36.6 Å². The van der Waals surface area contributed by atoms with Crippen molar-refractivity contribution in [2.75, 3.05) is 26.8 Å². The van der Waals surface area contributed by atoms with Crippen LogP contribution in [0.15, 0.2) is 24.3 Å². The topological polar surface area (TPSA) is 141 Å². The van der Waals surface area contributed by atoms with Gasteiger partial charge >= 0.3 is 0 Å². The van der Waals surface area contributed by atoms with Crippen LogP contribution in [0.3, 0.4) is 0 Å². The summed E-state index contributed by atoms with van der Waals surface area (Å²) in [6.45, 7) is 0.762. The Bertz CT molecular complexity index is 1230. The smallest absolute Gasteiger partial charge is 0.271 e. The Morgan fingerprint density at radius 2 is 2.05 bits per heavy atom. The Morgan fingerprint density at radius 3 is 2.82 bits per heavy atom. The van der Waals surface area contributed by atoms with Crippen LogP contribution in [0.1, 0.15) is 55.4 Å². The van der Waals surface area contributed by atoms with Gasteiger partial charge in [-0.2, -0.15) is 0 Å². The zero-order chi connectivity index (χ0) is 26.8. The molecular weight excluding hydrogens is 488 g/mol. The van der Waals surface area contributed by atoms with Crippen molar-refractivity contribution in [2.45, 2.75) is 57.0 Å². The van der Waals surface area contributed by atoms with Gasteiger partial charge in [-0.15, -0.1) is 0 Å². The molecule has 0 radical (unpaired) electrons. The zero-order valence-corrected chi connectivity index (χ0v) is 21.7. The quantitative estimate of drug-likeness (QED) is 0.394. The normalized spacial score (nSPS) is 25.6. The third-order valence-corrected chi connectivity index (χ3v) is 8.48. The van der Waals surface area contributed by atoms with Gasteiger partial charge in [0.2, 0.25) is 11.8 Å². The number of likely N-dealkylation sites (tertiary alicyclic amines) is 1. The van der Waals surface area contributed by atoms with E-state index < -0.39 is 12.1 Å². The number of ketones is 1. The number of aliphatic hydroxyl groups excluding tert-OH is 1. The van der Waals surface area contributed by atoms with Crippen LogP contribution < -0.4 is 15.4 Å². The maximum absolute atomic E-state index is 13.8. The molecule has 5 unspecified atom stereocenters. The number of rotatable bonds is 9. The first-order valence-electron chi connectivity index (χ1n) is 13.6. The minimum atomic E-state index is -0.891. The summed E-state index contributed by atoms with van der Waals surface area (Å²) in [4.78, 5) is 57.6. The summed E-state index contributed by atoms with van der Waals surface area (Å²) in [5, 5.41) is 15.9. The minimum Gasteiger partial charge on any atom is -0.496 e. The number of ether oxygens (including phenoxy) is 1. The van der Waals surface area contributed by atoms with Crippen LogP contribution in [0, 0.1) is 17.8 Å². The first-order chi connectivity index (χ1) is 18.4. The predicted octanol–water partition coefficient (Wildman–Crippen LogP) is 1.77.